The molecular weight excluding hydrogens is 255 g/mol. The number of nitrogens with zero attached hydrogens (tertiary/aromatic N) is 2. The van der Waals surface area contributed by atoms with E-state index in [0.717, 1.165) is 16.6 Å². The summed E-state index contributed by atoms with van der Waals surface area (Å²) >= 11 is 0. The molecule has 0 aliphatic carbocycles. The fourth-order valence-electron chi connectivity index (χ4n) is 2.26. The third kappa shape index (κ3) is 2.20. The second-order valence-corrected chi connectivity index (χ2v) is 4.70. The molecule has 2 heterocycles. The molecule has 100 valence electrons. The Labute approximate surface area is 115 Å². The van der Waals surface area contributed by atoms with E-state index >= 15 is 0 Å². The third-order valence-corrected chi connectivity index (χ3v) is 3.28. The zero-order valence-electron chi connectivity index (χ0n) is 11.0. The van der Waals surface area contributed by atoms with Crippen LogP contribution in [0.4, 0.5) is 4.39 Å². The van der Waals surface area contributed by atoms with Crippen molar-refractivity contribution in [1.29, 1.82) is 0 Å². The van der Waals surface area contributed by atoms with E-state index in [9.17, 15) is 9.50 Å². The largest absolute Gasteiger partial charge is 0.504 e. The molecule has 0 atom stereocenters. The van der Waals surface area contributed by atoms with Crippen LogP contribution in [-0.2, 0) is 6.42 Å². The predicted molar refractivity (Wildman–Crippen MR) is 75.1 cm³/mol. The van der Waals surface area contributed by atoms with Gasteiger partial charge >= 0.3 is 0 Å². The average Bonchev–Trinajstić information content (AvgIpc) is 2.47. The minimum absolute atomic E-state index is 0.0931. The van der Waals surface area contributed by atoms with Crippen LogP contribution in [0.3, 0.4) is 0 Å². The molecule has 0 bridgehead atoms. The first kappa shape index (κ1) is 12.5. The second kappa shape index (κ2) is 4.89. The standard InChI is InChI=1S/C16H13FN2O/c1-10-13-3-2-8-18-15(13)16(20)14(19-10)9-11-4-6-12(17)7-5-11/h2-8,20H,9H2,1H3. The highest BCUT2D eigenvalue weighted by Crippen LogP contribution is 2.28. The number of fused-ring (bicyclic) bond motifs is 1. The van der Waals surface area contributed by atoms with Crippen LogP contribution in [-0.4, -0.2) is 15.1 Å². The van der Waals surface area contributed by atoms with E-state index in [4.69, 9.17) is 0 Å². The van der Waals surface area contributed by atoms with E-state index < -0.39 is 0 Å². The normalized spacial score (nSPS) is 10.9. The van der Waals surface area contributed by atoms with Gasteiger partial charge in [-0.05, 0) is 36.8 Å². The van der Waals surface area contributed by atoms with Crippen molar-refractivity contribution < 1.29 is 9.50 Å². The zero-order chi connectivity index (χ0) is 14.1. The molecule has 0 fully saturated rings. The minimum Gasteiger partial charge on any atom is -0.504 e. The van der Waals surface area contributed by atoms with E-state index in [1.165, 1.54) is 12.1 Å². The monoisotopic (exact) mass is 268 g/mol. The van der Waals surface area contributed by atoms with Gasteiger partial charge in [0.25, 0.3) is 0 Å². The summed E-state index contributed by atoms with van der Waals surface area (Å²) < 4.78 is 12.9. The van der Waals surface area contributed by atoms with Crippen molar-refractivity contribution in [3.63, 3.8) is 0 Å². The molecule has 0 unspecified atom stereocenters. The van der Waals surface area contributed by atoms with Gasteiger partial charge in [0.1, 0.15) is 11.3 Å². The van der Waals surface area contributed by atoms with Gasteiger partial charge in [0, 0.05) is 23.7 Å². The fourth-order valence-corrected chi connectivity index (χ4v) is 2.26. The van der Waals surface area contributed by atoms with E-state index in [1.54, 1.807) is 18.3 Å². The van der Waals surface area contributed by atoms with Crippen LogP contribution in [0.25, 0.3) is 10.9 Å². The van der Waals surface area contributed by atoms with Crippen LogP contribution < -0.4 is 0 Å². The molecule has 3 rings (SSSR count). The van der Waals surface area contributed by atoms with Gasteiger partial charge in [0.05, 0.1) is 5.69 Å². The number of halogens is 1. The Morgan fingerprint density at radius 3 is 2.65 bits per heavy atom. The first-order chi connectivity index (χ1) is 9.65. The molecule has 4 heteroatoms. The van der Waals surface area contributed by atoms with E-state index in [-0.39, 0.29) is 11.6 Å². The Morgan fingerprint density at radius 2 is 1.90 bits per heavy atom. The molecule has 1 N–H and O–H groups in total. The molecule has 3 aromatic rings. The second-order valence-electron chi connectivity index (χ2n) is 4.70. The van der Waals surface area contributed by atoms with E-state index in [2.05, 4.69) is 9.97 Å². The first-order valence-electron chi connectivity index (χ1n) is 6.33. The maximum atomic E-state index is 12.9. The van der Waals surface area contributed by atoms with Crippen LogP contribution in [0.2, 0.25) is 0 Å². The molecule has 0 saturated heterocycles. The van der Waals surface area contributed by atoms with Gasteiger partial charge in [0.15, 0.2) is 5.75 Å². The van der Waals surface area contributed by atoms with Gasteiger partial charge in [0.2, 0.25) is 0 Å². The lowest BCUT2D eigenvalue weighted by atomic mass is 10.1. The maximum Gasteiger partial charge on any atom is 0.163 e. The molecule has 3 nitrogen and oxygen atoms in total. The molecule has 0 radical (unpaired) electrons. The van der Waals surface area contributed by atoms with Crippen molar-refractivity contribution in [1.82, 2.24) is 9.97 Å². The topological polar surface area (TPSA) is 46.0 Å². The number of rotatable bonds is 2. The molecule has 0 saturated carbocycles. The lowest BCUT2D eigenvalue weighted by Crippen LogP contribution is -1.98. The summed E-state index contributed by atoms with van der Waals surface area (Å²) in [6.45, 7) is 1.89. The number of hydrogen-bond donors (Lipinski definition) is 1. The summed E-state index contributed by atoms with van der Waals surface area (Å²) in [4.78, 5) is 8.64. The maximum absolute atomic E-state index is 12.9. The van der Waals surface area contributed by atoms with Gasteiger partial charge in [-0.1, -0.05) is 12.1 Å². The van der Waals surface area contributed by atoms with Gasteiger partial charge < -0.3 is 5.11 Å². The van der Waals surface area contributed by atoms with Crippen molar-refractivity contribution in [3.05, 3.63) is 65.4 Å². The number of hydrogen-bond acceptors (Lipinski definition) is 3. The Hall–Kier alpha value is -2.49. The molecule has 0 spiro atoms. The Morgan fingerprint density at radius 1 is 1.15 bits per heavy atom. The number of benzene rings is 1. The van der Waals surface area contributed by atoms with Gasteiger partial charge in [-0.2, -0.15) is 0 Å². The number of pyridine rings is 2. The van der Waals surface area contributed by atoms with Gasteiger partial charge in [-0.25, -0.2) is 4.39 Å². The summed E-state index contributed by atoms with van der Waals surface area (Å²) in [5.74, 6) is -0.183. The van der Waals surface area contributed by atoms with Crippen LogP contribution in [0.5, 0.6) is 5.75 Å². The molecule has 0 amide bonds. The van der Waals surface area contributed by atoms with E-state index in [1.807, 2.05) is 19.1 Å². The highest BCUT2D eigenvalue weighted by Gasteiger charge is 2.12. The van der Waals surface area contributed by atoms with Crippen molar-refractivity contribution in [2.75, 3.05) is 0 Å². The Kier molecular flexibility index (Phi) is 3.06. The highest BCUT2D eigenvalue weighted by atomic mass is 19.1. The fraction of sp³-hybridized carbons (Fsp3) is 0.125. The van der Waals surface area contributed by atoms with Crippen molar-refractivity contribution in [2.24, 2.45) is 0 Å². The van der Waals surface area contributed by atoms with Crippen LogP contribution in [0, 0.1) is 12.7 Å². The summed E-state index contributed by atoms with van der Waals surface area (Å²) in [7, 11) is 0. The average molecular weight is 268 g/mol. The molecular formula is C16H13FN2O. The lowest BCUT2D eigenvalue weighted by Gasteiger charge is -2.09. The van der Waals surface area contributed by atoms with Crippen LogP contribution >= 0.6 is 0 Å². The van der Waals surface area contributed by atoms with Crippen molar-refractivity contribution in [3.8, 4) is 5.75 Å². The molecule has 0 aliphatic rings. The summed E-state index contributed by atoms with van der Waals surface area (Å²) in [6, 6.07) is 9.88. The SMILES string of the molecule is Cc1nc(Cc2ccc(F)cc2)c(O)c2ncccc12. The third-order valence-electron chi connectivity index (χ3n) is 3.28. The molecule has 0 aliphatic heterocycles. The van der Waals surface area contributed by atoms with Crippen molar-refractivity contribution in [2.45, 2.75) is 13.3 Å². The smallest absolute Gasteiger partial charge is 0.163 e. The highest BCUT2D eigenvalue weighted by molar-refractivity contribution is 5.86. The minimum atomic E-state index is -0.276. The summed E-state index contributed by atoms with van der Waals surface area (Å²) in [5.41, 5.74) is 2.82. The number of aryl methyl sites for hydroxylation is 1. The van der Waals surface area contributed by atoms with Crippen molar-refractivity contribution >= 4 is 10.9 Å². The van der Waals surface area contributed by atoms with E-state index in [0.29, 0.717) is 17.6 Å². The molecule has 20 heavy (non-hydrogen) atoms. The molecule has 1 aromatic carbocycles. The Bertz CT molecular complexity index is 769. The van der Waals surface area contributed by atoms with Gasteiger partial charge in [-0.15, -0.1) is 0 Å². The Balaban J connectivity index is 2.08. The quantitative estimate of drug-likeness (QED) is 0.775. The zero-order valence-corrected chi connectivity index (χ0v) is 11.0. The predicted octanol–water partition coefficient (Wildman–Crippen LogP) is 3.37. The molecule has 2 aromatic heterocycles. The number of aromatic hydroxyl groups is 1. The lowest BCUT2D eigenvalue weighted by molar-refractivity contribution is 0.470. The first-order valence-corrected chi connectivity index (χ1v) is 6.33. The number of aromatic nitrogens is 2. The summed E-state index contributed by atoms with van der Waals surface area (Å²) in [6.07, 6.45) is 2.09. The van der Waals surface area contributed by atoms with Crippen LogP contribution in [0.15, 0.2) is 42.6 Å². The van der Waals surface area contributed by atoms with Crippen LogP contribution in [0.1, 0.15) is 17.0 Å². The van der Waals surface area contributed by atoms with Gasteiger partial charge in [-0.3, -0.25) is 9.97 Å². The summed E-state index contributed by atoms with van der Waals surface area (Å²) in [5, 5.41) is 11.1.